The fourth-order valence-corrected chi connectivity index (χ4v) is 2.15. The van der Waals surface area contributed by atoms with Gasteiger partial charge in [-0.05, 0) is 12.0 Å². The second-order valence-electron chi connectivity index (χ2n) is 4.82. The van der Waals surface area contributed by atoms with Crippen molar-refractivity contribution >= 4 is 11.6 Å². The van der Waals surface area contributed by atoms with Crippen LogP contribution in [0.25, 0.3) is 0 Å². The first-order valence-corrected chi connectivity index (χ1v) is 6.74. The van der Waals surface area contributed by atoms with Crippen LogP contribution in [0.1, 0.15) is 29.4 Å². The molecule has 2 N–H and O–H groups in total. The molecule has 0 aliphatic heterocycles. The van der Waals surface area contributed by atoms with E-state index in [1.165, 1.54) is 0 Å². The molecule has 1 heterocycles. The lowest BCUT2D eigenvalue weighted by Gasteiger charge is -2.21. The van der Waals surface area contributed by atoms with Crippen molar-refractivity contribution in [3.8, 4) is 0 Å². The third-order valence-corrected chi connectivity index (χ3v) is 3.06. The summed E-state index contributed by atoms with van der Waals surface area (Å²) in [7, 11) is 1.76. The summed E-state index contributed by atoms with van der Waals surface area (Å²) in [6.07, 6.45) is 2.55. The second kappa shape index (κ2) is 6.23. The van der Waals surface area contributed by atoms with Gasteiger partial charge in [-0.25, -0.2) is 0 Å². The predicted molar refractivity (Wildman–Crippen MR) is 79.1 cm³/mol. The summed E-state index contributed by atoms with van der Waals surface area (Å²) in [5.74, 6) is -0.117. The maximum atomic E-state index is 12.5. The van der Waals surface area contributed by atoms with Crippen molar-refractivity contribution in [1.82, 2.24) is 14.7 Å². The summed E-state index contributed by atoms with van der Waals surface area (Å²) in [6, 6.07) is 9.93. The largest absolute Gasteiger partial charge is 0.396 e. The molecule has 0 saturated heterocycles. The van der Waals surface area contributed by atoms with Crippen LogP contribution in [0.5, 0.6) is 0 Å². The number of benzene rings is 1. The topological polar surface area (TPSA) is 64.2 Å². The minimum atomic E-state index is -0.117. The van der Waals surface area contributed by atoms with E-state index in [0.717, 1.165) is 12.0 Å². The highest BCUT2D eigenvalue weighted by molar-refractivity contribution is 5.97. The summed E-state index contributed by atoms with van der Waals surface area (Å²) in [4.78, 5) is 14.3. The number of carbonyl (C=O) groups is 1. The van der Waals surface area contributed by atoms with Crippen LogP contribution in [0, 0.1) is 0 Å². The number of rotatable bonds is 5. The minimum Gasteiger partial charge on any atom is -0.396 e. The van der Waals surface area contributed by atoms with E-state index in [0.29, 0.717) is 24.5 Å². The van der Waals surface area contributed by atoms with Crippen LogP contribution >= 0.6 is 0 Å². The number of hydrogen-bond donors (Lipinski definition) is 1. The van der Waals surface area contributed by atoms with Crippen LogP contribution < -0.4 is 5.73 Å². The quantitative estimate of drug-likeness (QED) is 0.906. The first-order valence-electron chi connectivity index (χ1n) is 6.74. The average Bonchev–Trinajstić information content (AvgIpc) is 2.77. The Morgan fingerprint density at radius 1 is 1.35 bits per heavy atom. The highest BCUT2D eigenvalue weighted by atomic mass is 16.2. The highest BCUT2D eigenvalue weighted by Crippen LogP contribution is 2.14. The number of aromatic nitrogens is 2. The minimum absolute atomic E-state index is 0.117. The second-order valence-corrected chi connectivity index (χ2v) is 4.82. The van der Waals surface area contributed by atoms with Crippen molar-refractivity contribution in [2.75, 3.05) is 12.3 Å². The third-order valence-electron chi connectivity index (χ3n) is 3.06. The average molecular weight is 272 g/mol. The molecule has 2 aromatic rings. The standard InChI is InChI=1S/C15H20N4O/c1-3-9-19(10-12-7-5-4-6-8-12)15(20)14-13(16)11-18(2)17-14/h4-8,11H,3,9-10,16H2,1-2H3. The number of amides is 1. The van der Waals surface area contributed by atoms with Crippen LogP contribution in [0.3, 0.4) is 0 Å². The van der Waals surface area contributed by atoms with Crippen molar-refractivity contribution < 1.29 is 4.79 Å². The Kier molecular flexibility index (Phi) is 4.40. The Hall–Kier alpha value is -2.30. The molecule has 0 radical (unpaired) electrons. The van der Waals surface area contributed by atoms with Crippen molar-refractivity contribution in [1.29, 1.82) is 0 Å². The lowest BCUT2D eigenvalue weighted by atomic mass is 10.2. The smallest absolute Gasteiger partial charge is 0.276 e. The molecule has 2 rings (SSSR count). The van der Waals surface area contributed by atoms with E-state index >= 15 is 0 Å². The first kappa shape index (κ1) is 14.1. The van der Waals surface area contributed by atoms with Crippen LogP contribution in [-0.2, 0) is 13.6 Å². The molecule has 5 heteroatoms. The van der Waals surface area contributed by atoms with Gasteiger partial charge in [-0.1, -0.05) is 37.3 Å². The van der Waals surface area contributed by atoms with E-state index in [2.05, 4.69) is 5.10 Å². The highest BCUT2D eigenvalue weighted by Gasteiger charge is 2.20. The first-order chi connectivity index (χ1) is 9.61. The molecular weight excluding hydrogens is 252 g/mol. The van der Waals surface area contributed by atoms with Crippen LogP contribution in [0.2, 0.25) is 0 Å². The zero-order valence-electron chi connectivity index (χ0n) is 11.9. The summed E-state index contributed by atoms with van der Waals surface area (Å²) in [6.45, 7) is 3.31. The Morgan fingerprint density at radius 2 is 2.05 bits per heavy atom. The zero-order chi connectivity index (χ0) is 14.5. The molecular formula is C15H20N4O. The van der Waals surface area contributed by atoms with Crippen LogP contribution in [0.4, 0.5) is 5.69 Å². The van der Waals surface area contributed by atoms with Gasteiger partial charge in [-0.2, -0.15) is 5.10 Å². The Bertz CT molecular complexity index is 577. The van der Waals surface area contributed by atoms with Gasteiger partial charge in [-0.3, -0.25) is 9.48 Å². The summed E-state index contributed by atoms with van der Waals surface area (Å²) < 4.78 is 1.56. The Balaban J connectivity index is 2.20. The third kappa shape index (κ3) is 3.17. The SMILES string of the molecule is CCCN(Cc1ccccc1)C(=O)c1nn(C)cc1N. The number of nitrogens with zero attached hydrogens (tertiary/aromatic N) is 3. The zero-order valence-corrected chi connectivity index (χ0v) is 11.9. The number of nitrogens with two attached hydrogens (primary N) is 1. The van der Waals surface area contributed by atoms with E-state index < -0.39 is 0 Å². The molecule has 0 bridgehead atoms. The number of hydrogen-bond acceptors (Lipinski definition) is 3. The molecule has 1 aromatic heterocycles. The van der Waals surface area contributed by atoms with Crippen molar-refractivity contribution in [3.05, 3.63) is 47.8 Å². The fourth-order valence-electron chi connectivity index (χ4n) is 2.15. The number of anilines is 1. The van der Waals surface area contributed by atoms with Crippen LogP contribution in [0.15, 0.2) is 36.5 Å². The number of nitrogen functional groups attached to an aromatic ring is 1. The van der Waals surface area contributed by atoms with Gasteiger partial charge in [0.05, 0.1) is 5.69 Å². The molecule has 1 aromatic carbocycles. The normalized spacial score (nSPS) is 10.5. The molecule has 106 valence electrons. The van der Waals surface area contributed by atoms with Crippen molar-refractivity contribution in [3.63, 3.8) is 0 Å². The van der Waals surface area contributed by atoms with E-state index in [1.54, 1.807) is 22.8 Å². The maximum Gasteiger partial charge on any atom is 0.276 e. The molecule has 0 fully saturated rings. The van der Waals surface area contributed by atoms with Gasteiger partial charge in [0.2, 0.25) is 0 Å². The molecule has 5 nitrogen and oxygen atoms in total. The van der Waals surface area contributed by atoms with Gasteiger partial charge in [-0.15, -0.1) is 0 Å². The summed E-state index contributed by atoms with van der Waals surface area (Å²) >= 11 is 0. The van der Waals surface area contributed by atoms with E-state index in [-0.39, 0.29) is 5.91 Å². The van der Waals surface area contributed by atoms with E-state index in [4.69, 9.17) is 5.73 Å². The predicted octanol–water partition coefficient (Wildman–Crippen LogP) is 2.05. The molecule has 0 unspecified atom stereocenters. The van der Waals surface area contributed by atoms with Crippen LogP contribution in [-0.4, -0.2) is 27.1 Å². The molecule has 0 atom stereocenters. The molecule has 0 saturated carbocycles. The van der Waals surface area contributed by atoms with E-state index in [9.17, 15) is 4.79 Å². The lowest BCUT2D eigenvalue weighted by molar-refractivity contribution is 0.0737. The van der Waals surface area contributed by atoms with Crippen molar-refractivity contribution in [2.45, 2.75) is 19.9 Å². The Labute approximate surface area is 119 Å². The van der Waals surface area contributed by atoms with Gasteiger partial charge in [0.25, 0.3) is 5.91 Å². The number of aryl methyl sites for hydroxylation is 1. The maximum absolute atomic E-state index is 12.5. The van der Waals surface area contributed by atoms with Gasteiger partial charge in [0.1, 0.15) is 0 Å². The van der Waals surface area contributed by atoms with Gasteiger partial charge < -0.3 is 10.6 Å². The Morgan fingerprint density at radius 3 is 2.60 bits per heavy atom. The van der Waals surface area contributed by atoms with Gasteiger partial charge in [0.15, 0.2) is 5.69 Å². The lowest BCUT2D eigenvalue weighted by Crippen LogP contribution is -2.32. The molecule has 0 spiro atoms. The fraction of sp³-hybridized carbons (Fsp3) is 0.333. The van der Waals surface area contributed by atoms with E-state index in [1.807, 2.05) is 37.3 Å². The van der Waals surface area contributed by atoms with Crippen molar-refractivity contribution in [2.24, 2.45) is 7.05 Å². The summed E-state index contributed by atoms with van der Waals surface area (Å²) in [5.41, 5.74) is 7.69. The molecule has 0 aliphatic carbocycles. The monoisotopic (exact) mass is 272 g/mol. The van der Waals surface area contributed by atoms with Gasteiger partial charge in [0, 0.05) is 26.3 Å². The number of carbonyl (C=O) groups excluding carboxylic acids is 1. The molecule has 1 amide bonds. The summed E-state index contributed by atoms with van der Waals surface area (Å²) in [5, 5.41) is 4.16. The molecule has 20 heavy (non-hydrogen) atoms. The van der Waals surface area contributed by atoms with Gasteiger partial charge >= 0.3 is 0 Å². The molecule has 0 aliphatic rings.